The minimum Gasteiger partial charge on any atom is -0.394 e. The second-order valence-electron chi connectivity index (χ2n) is 5.25. The molecule has 1 saturated heterocycles. The van der Waals surface area contributed by atoms with Crippen LogP contribution in [0, 0.1) is 10.1 Å². The van der Waals surface area contributed by atoms with Crippen molar-refractivity contribution in [3.63, 3.8) is 0 Å². The summed E-state index contributed by atoms with van der Waals surface area (Å²) in [5.74, 6) is -0.0258. The number of aromatic nitrogens is 2. The van der Waals surface area contributed by atoms with E-state index in [1.54, 1.807) is 4.90 Å². The number of anilines is 2. The second-order valence-corrected chi connectivity index (χ2v) is 5.25. The van der Waals surface area contributed by atoms with Gasteiger partial charge in [-0.3, -0.25) is 10.1 Å². The van der Waals surface area contributed by atoms with Crippen LogP contribution in [0.1, 0.15) is 13.8 Å². The molecule has 1 unspecified atom stereocenters. The van der Waals surface area contributed by atoms with Gasteiger partial charge in [0.05, 0.1) is 23.2 Å². The van der Waals surface area contributed by atoms with Gasteiger partial charge < -0.3 is 20.5 Å². The first-order chi connectivity index (χ1) is 9.34. The van der Waals surface area contributed by atoms with Crippen molar-refractivity contribution in [2.45, 2.75) is 25.6 Å². The Balaban J connectivity index is 2.40. The van der Waals surface area contributed by atoms with E-state index in [4.69, 9.17) is 10.5 Å². The maximum atomic E-state index is 11.1. The topological polar surface area (TPSA) is 128 Å². The molecule has 0 amide bonds. The van der Waals surface area contributed by atoms with Gasteiger partial charge >= 0.3 is 5.69 Å². The highest BCUT2D eigenvalue weighted by Crippen LogP contribution is 2.33. The van der Waals surface area contributed by atoms with Gasteiger partial charge in [-0.1, -0.05) is 0 Å². The number of hydrogen-bond donors (Lipinski definition) is 2. The molecule has 3 N–H and O–H groups in total. The van der Waals surface area contributed by atoms with Gasteiger partial charge in [0.15, 0.2) is 0 Å². The monoisotopic (exact) mass is 283 g/mol. The third-order valence-electron chi connectivity index (χ3n) is 3.00. The van der Waals surface area contributed by atoms with E-state index in [1.807, 2.05) is 13.8 Å². The van der Waals surface area contributed by atoms with E-state index in [0.717, 1.165) is 0 Å². The summed E-state index contributed by atoms with van der Waals surface area (Å²) in [6, 6.07) is 0. The number of nitrogens with two attached hydrogens (primary N) is 1. The van der Waals surface area contributed by atoms with E-state index in [-0.39, 0.29) is 23.9 Å². The minimum atomic E-state index is -0.596. The van der Waals surface area contributed by atoms with Crippen LogP contribution in [0.5, 0.6) is 0 Å². The van der Waals surface area contributed by atoms with Gasteiger partial charge in [0, 0.05) is 13.1 Å². The van der Waals surface area contributed by atoms with Crippen molar-refractivity contribution in [2.75, 3.05) is 30.3 Å². The molecule has 1 aliphatic rings. The molecule has 0 radical (unpaired) electrons. The van der Waals surface area contributed by atoms with Gasteiger partial charge in [0.25, 0.3) is 0 Å². The average molecular weight is 283 g/mol. The Labute approximate surface area is 115 Å². The van der Waals surface area contributed by atoms with Gasteiger partial charge in [-0.2, -0.15) is 0 Å². The van der Waals surface area contributed by atoms with Gasteiger partial charge in [0.2, 0.25) is 11.6 Å². The summed E-state index contributed by atoms with van der Waals surface area (Å²) in [7, 11) is 0. The number of nitro groups is 1. The third-order valence-corrected chi connectivity index (χ3v) is 3.00. The third kappa shape index (κ3) is 2.78. The summed E-state index contributed by atoms with van der Waals surface area (Å²) >= 11 is 0. The van der Waals surface area contributed by atoms with Crippen LogP contribution in [0.4, 0.5) is 17.3 Å². The smallest absolute Gasteiger partial charge is 0.353 e. The first-order valence-electron chi connectivity index (χ1n) is 6.12. The Morgan fingerprint density at radius 2 is 2.35 bits per heavy atom. The second kappa shape index (κ2) is 5.17. The lowest BCUT2D eigenvalue weighted by Gasteiger charge is -2.42. The number of morpholine rings is 1. The largest absolute Gasteiger partial charge is 0.394 e. The SMILES string of the molecule is CC1(C)CN(c2ncnc(N)c2[N+](=O)[O-])CC(CO)O1. The van der Waals surface area contributed by atoms with Crippen LogP contribution in [0.3, 0.4) is 0 Å². The molecule has 0 saturated carbocycles. The normalized spacial score (nSPS) is 21.8. The van der Waals surface area contributed by atoms with Crippen LogP contribution in [-0.4, -0.2) is 51.4 Å². The zero-order valence-electron chi connectivity index (χ0n) is 11.3. The molecule has 0 aliphatic carbocycles. The maximum Gasteiger partial charge on any atom is 0.353 e. The first kappa shape index (κ1) is 14.4. The number of rotatable bonds is 3. The first-order valence-corrected chi connectivity index (χ1v) is 6.12. The molecule has 0 aromatic carbocycles. The van der Waals surface area contributed by atoms with Crippen LogP contribution < -0.4 is 10.6 Å². The molecule has 1 aliphatic heterocycles. The Kier molecular flexibility index (Phi) is 3.73. The lowest BCUT2D eigenvalue weighted by molar-refractivity contribution is -0.383. The lowest BCUT2D eigenvalue weighted by atomic mass is 10.1. The molecule has 110 valence electrons. The van der Waals surface area contributed by atoms with Crippen LogP contribution in [-0.2, 0) is 4.74 Å². The predicted molar refractivity (Wildman–Crippen MR) is 71.3 cm³/mol. The summed E-state index contributed by atoms with van der Waals surface area (Å²) in [4.78, 5) is 19.9. The number of aliphatic hydroxyl groups excluding tert-OH is 1. The van der Waals surface area contributed by atoms with Gasteiger partial charge in [-0.25, -0.2) is 9.97 Å². The Morgan fingerprint density at radius 3 is 2.95 bits per heavy atom. The van der Waals surface area contributed by atoms with Crippen LogP contribution in [0.15, 0.2) is 6.33 Å². The van der Waals surface area contributed by atoms with E-state index >= 15 is 0 Å². The van der Waals surface area contributed by atoms with Gasteiger partial charge in [-0.15, -0.1) is 0 Å². The number of ether oxygens (including phenoxy) is 1. The summed E-state index contributed by atoms with van der Waals surface area (Å²) in [6.45, 7) is 4.22. The fourth-order valence-electron chi connectivity index (χ4n) is 2.34. The lowest BCUT2D eigenvalue weighted by Crippen LogP contribution is -2.54. The highest BCUT2D eigenvalue weighted by molar-refractivity contribution is 5.68. The molecule has 2 heterocycles. The Hall–Kier alpha value is -2.00. The molecule has 1 atom stereocenters. The van der Waals surface area contributed by atoms with Gasteiger partial charge in [-0.05, 0) is 13.8 Å². The molecule has 0 spiro atoms. The van der Waals surface area contributed by atoms with Crippen LogP contribution in [0.25, 0.3) is 0 Å². The summed E-state index contributed by atoms with van der Waals surface area (Å²) in [5, 5.41) is 20.4. The molecule has 0 bridgehead atoms. The molecule has 2 rings (SSSR count). The van der Waals surface area contributed by atoms with Crippen molar-refractivity contribution < 1.29 is 14.8 Å². The standard InChI is InChI=1S/C11H17N5O4/c1-11(2)5-15(3-7(4-17)20-11)10-8(16(18)19)9(12)13-6-14-10/h6-7,17H,3-5H2,1-2H3,(H2,12,13,14). The van der Waals surface area contributed by atoms with Crippen LogP contribution in [0.2, 0.25) is 0 Å². The van der Waals surface area contributed by atoms with Crippen molar-refractivity contribution in [1.82, 2.24) is 9.97 Å². The molecule has 9 heteroatoms. The molecular formula is C11H17N5O4. The maximum absolute atomic E-state index is 11.1. The zero-order chi connectivity index (χ0) is 14.9. The van der Waals surface area contributed by atoms with Crippen molar-refractivity contribution in [1.29, 1.82) is 0 Å². The molecule has 1 aromatic rings. The van der Waals surface area contributed by atoms with E-state index < -0.39 is 16.6 Å². The predicted octanol–water partition coefficient (Wildman–Crippen LogP) is -0.0569. The number of hydrogen-bond acceptors (Lipinski definition) is 8. The Morgan fingerprint density at radius 1 is 1.65 bits per heavy atom. The summed E-state index contributed by atoms with van der Waals surface area (Å²) in [5.41, 5.74) is 4.69. The fraction of sp³-hybridized carbons (Fsp3) is 0.636. The molecule has 1 fully saturated rings. The minimum absolute atomic E-state index is 0.150. The zero-order valence-corrected chi connectivity index (χ0v) is 11.3. The highest BCUT2D eigenvalue weighted by atomic mass is 16.6. The molecular weight excluding hydrogens is 266 g/mol. The van der Waals surface area contributed by atoms with E-state index in [2.05, 4.69) is 9.97 Å². The summed E-state index contributed by atoms with van der Waals surface area (Å²) < 4.78 is 5.67. The van der Waals surface area contributed by atoms with E-state index in [1.165, 1.54) is 6.33 Å². The van der Waals surface area contributed by atoms with E-state index in [0.29, 0.717) is 13.1 Å². The average Bonchev–Trinajstić information content (AvgIpc) is 2.36. The van der Waals surface area contributed by atoms with Crippen molar-refractivity contribution in [3.8, 4) is 0 Å². The molecule has 1 aromatic heterocycles. The van der Waals surface area contributed by atoms with E-state index in [9.17, 15) is 15.2 Å². The van der Waals surface area contributed by atoms with Crippen LogP contribution >= 0.6 is 0 Å². The van der Waals surface area contributed by atoms with Crippen molar-refractivity contribution in [2.24, 2.45) is 0 Å². The quantitative estimate of drug-likeness (QED) is 0.583. The number of nitrogen functional groups attached to an aromatic ring is 1. The Bertz CT molecular complexity index is 522. The number of nitrogens with zero attached hydrogens (tertiary/aromatic N) is 4. The summed E-state index contributed by atoms with van der Waals surface area (Å²) in [6.07, 6.45) is 0.753. The highest BCUT2D eigenvalue weighted by Gasteiger charge is 2.37. The fourth-order valence-corrected chi connectivity index (χ4v) is 2.34. The molecule has 20 heavy (non-hydrogen) atoms. The van der Waals surface area contributed by atoms with Gasteiger partial charge in [0.1, 0.15) is 6.33 Å². The molecule has 9 nitrogen and oxygen atoms in total. The van der Waals surface area contributed by atoms with Crippen molar-refractivity contribution >= 4 is 17.3 Å². The number of aliphatic hydroxyl groups is 1. The van der Waals surface area contributed by atoms with Crippen molar-refractivity contribution in [3.05, 3.63) is 16.4 Å².